The van der Waals surface area contributed by atoms with E-state index >= 15 is 0 Å². The van der Waals surface area contributed by atoms with Crippen LogP contribution >= 0.6 is 0 Å². The molecule has 0 aromatic heterocycles. The fraction of sp³-hybridized carbons (Fsp3) is 0.208. The first kappa shape index (κ1) is 18.9. The van der Waals surface area contributed by atoms with Crippen LogP contribution in [-0.4, -0.2) is 11.9 Å². The fourth-order valence-electron chi connectivity index (χ4n) is 3.03. The van der Waals surface area contributed by atoms with E-state index in [0.717, 1.165) is 18.4 Å². The van der Waals surface area contributed by atoms with Gasteiger partial charge in [-0.2, -0.15) is 0 Å². The molecule has 27 heavy (non-hydrogen) atoms. The predicted molar refractivity (Wildman–Crippen MR) is 110 cm³/mol. The van der Waals surface area contributed by atoms with E-state index in [-0.39, 0.29) is 11.9 Å². The highest BCUT2D eigenvalue weighted by Crippen LogP contribution is 2.07. The van der Waals surface area contributed by atoms with Crippen molar-refractivity contribution in [3.63, 3.8) is 0 Å². The molecule has 0 aliphatic heterocycles. The molecule has 0 bridgehead atoms. The molecule has 0 radical (unpaired) electrons. The van der Waals surface area contributed by atoms with Gasteiger partial charge in [-0.15, -0.1) is 0 Å². The Balaban J connectivity index is 1.59. The maximum atomic E-state index is 12.8. The van der Waals surface area contributed by atoms with Crippen LogP contribution < -0.4 is 10.6 Å². The Kier molecular flexibility index (Phi) is 7.19. The quantitative estimate of drug-likeness (QED) is 0.605. The molecule has 3 aromatic rings. The van der Waals surface area contributed by atoms with Crippen molar-refractivity contribution < 1.29 is 4.79 Å². The van der Waals surface area contributed by atoms with Gasteiger partial charge in [0.1, 0.15) is 0 Å². The minimum absolute atomic E-state index is 0.0470. The van der Waals surface area contributed by atoms with E-state index in [4.69, 9.17) is 0 Å². The van der Waals surface area contributed by atoms with E-state index in [1.54, 1.807) is 0 Å². The monoisotopic (exact) mass is 358 g/mol. The standard InChI is InChI=1S/C24H26N2O/c27-24(26-19-22-14-8-3-9-15-22)23(17-16-20-10-4-1-5-11-20)25-18-21-12-6-2-7-13-21/h1-15,23,25H,16-19H2,(H,26,27)/t23-/m0/s1. The van der Waals surface area contributed by atoms with Gasteiger partial charge < -0.3 is 10.6 Å². The molecule has 3 heteroatoms. The molecule has 1 atom stereocenters. The van der Waals surface area contributed by atoms with Gasteiger partial charge in [-0.05, 0) is 29.5 Å². The molecule has 0 heterocycles. The molecule has 3 aromatic carbocycles. The number of rotatable bonds is 9. The van der Waals surface area contributed by atoms with Crippen molar-refractivity contribution in [2.75, 3.05) is 0 Å². The number of hydrogen-bond donors (Lipinski definition) is 2. The van der Waals surface area contributed by atoms with Crippen LogP contribution in [0.3, 0.4) is 0 Å². The van der Waals surface area contributed by atoms with Crippen molar-refractivity contribution in [1.29, 1.82) is 0 Å². The van der Waals surface area contributed by atoms with Crippen LogP contribution in [0.25, 0.3) is 0 Å². The van der Waals surface area contributed by atoms with Crippen LogP contribution in [0.4, 0.5) is 0 Å². The lowest BCUT2D eigenvalue weighted by molar-refractivity contribution is -0.123. The summed E-state index contributed by atoms with van der Waals surface area (Å²) in [4.78, 5) is 12.8. The van der Waals surface area contributed by atoms with Crippen LogP contribution in [0.1, 0.15) is 23.1 Å². The third kappa shape index (κ3) is 6.39. The minimum atomic E-state index is -0.228. The van der Waals surface area contributed by atoms with E-state index in [9.17, 15) is 4.79 Å². The highest BCUT2D eigenvalue weighted by molar-refractivity contribution is 5.81. The molecule has 0 spiro atoms. The third-order valence-electron chi connectivity index (χ3n) is 4.59. The summed E-state index contributed by atoms with van der Waals surface area (Å²) in [6, 6.07) is 30.3. The summed E-state index contributed by atoms with van der Waals surface area (Å²) in [7, 11) is 0. The van der Waals surface area contributed by atoms with Crippen LogP contribution in [0.15, 0.2) is 91.0 Å². The second-order valence-corrected chi connectivity index (χ2v) is 6.65. The number of carbonyl (C=O) groups is 1. The number of hydrogen-bond acceptors (Lipinski definition) is 2. The first-order valence-electron chi connectivity index (χ1n) is 9.44. The average molecular weight is 358 g/mol. The highest BCUT2D eigenvalue weighted by Gasteiger charge is 2.17. The lowest BCUT2D eigenvalue weighted by Crippen LogP contribution is -2.44. The lowest BCUT2D eigenvalue weighted by Gasteiger charge is -2.19. The molecular formula is C24H26N2O. The maximum absolute atomic E-state index is 12.8. The zero-order chi connectivity index (χ0) is 18.7. The van der Waals surface area contributed by atoms with Crippen LogP contribution in [0, 0.1) is 0 Å². The number of carbonyl (C=O) groups excluding carboxylic acids is 1. The summed E-state index contributed by atoms with van der Waals surface area (Å²) >= 11 is 0. The maximum Gasteiger partial charge on any atom is 0.237 e. The molecule has 138 valence electrons. The van der Waals surface area contributed by atoms with Crippen LogP contribution in [-0.2, 0) is 24.3 Å². The molecule has 3 rings (SSSR count). The Morgan fingerprint density at radius 2 is 1.15 bits per heavy atom. The average Bonchev–Trinajstić information content (AvgIpc) is 2.74. The molecule has 0 saturated carbocycles. The number of nitrogens with one attached hydrogen (secondary N) is 2. The first-order chi connectivity index (χ1) is 13.3. The van der Waals surface area contributed by atoms with Gasteiger partial charge in [0.2, 0.25) is 5.91 Å². The zero-order valence-electron chi connectivity index (χ0n) is 15.5. The van der Waals surface area contributed by atoms with Crippen molar-refractivity contribution in [3.05, 3.63) is 108 Å². The van der Waals surface area contributed by atoms with Gasteiger partial charge in [-0.1, -0.05) is 91.0 Å². The van der Waals surface area contributed by atoms with Gasteiger partial charge in [0.25, 0.3) is 0 Å². The van der Waals surface area contributed by atoms with Crippen molar-refractivity contribution in [2.45, 2.75) is 32.0 Å². The number of aryl methyl sites for hydroxylation is 1. The van der Waals surface area contributed by atoms with Crippen LogP contribution in [0.5, 0.6) is 0 Å². The SMILES string of the molecule is O=C(NCc1ccccc1)[C@H](CCc1ccccc1)NCc1ccccc1. The van der Waals surface area contributed by atoms with Crippen molar-refractivity contribution >= 4 is 5.91 Å². The second kappa shape index (κ2) is 10.3. The van der Waals surface area contributed by atoms with Crippen molar-refractivity contribution in [3.8, 4) is 0 Å². The largest absolute Gasteiger partial charge is 0.351 e. The summed E-state index contributed by atoms with van der Waals surface area (Å²) in [6.07, 6.45) is 1.63. The van der Waals surface area contributed by atoms with Gasteiger partial charge in [-0.25, -0.2) is 0 Å². The molecule has 0 saturated heterocycles. The Morgan fingerprint density at radius 3 is 1.70 bits per heavy atom. The minimum Gasteiger partial charge on any atom is -0.351 e. The third-order valence-corrected chi connectivity index (χ3v) is 4.59. The summed E-state index contributed by atoms with van der Waals surface area (Å²) < 4.78 is 0. The topological polar surface area (TPSA) is 41.1 Å². The summed E-state index contributed by atoms with van der Waals surface area (Å²) in [5.41, 5.74) is 3.54. The fourth-order valence-corrected chi connectivity index (χ4v) is 3.03. The van der Waals surface area contributed by atoms with Gasteiger partial charge in [0.05, 0.1) is 6.04 Å². The highest BCUT2D eigenvalue weighted by atomic mass is 16.2. The molecule has 0 aliphatic carbocycles. The number of amides is 1. The smallest absolute Gasteiger partial charge is 0.237 e. The van der Waals surface area contributed by atoms with E-state index in [1.807, 2.05) is 66.7 Å². The van der Waals surface area contributed by atoms with E-state index in [2.05, 4.69) is 34.9 Å². The summed E-state index contributed by atoms with van der Waals surface area (Å²) in [5.74, 6) is 0.0470. The predicted octanol–water partition coefficient (Wildman–Crippen LogP) is 4.09. The molecular weight excluding hydrogens is 332 g/mol. The molecule has 0 aliphatic rings. The Hall–Kier alpha value is -2.91. The molecule has 2 N–H and O–H groups in total. The zero-order valence-corrected chi connectivity index (χ0v) is 15.5. The summed E-state index contributed by atoms with van der Waals surface area (Å²) in [5, 5.41) is 6.50. The van der Waals surface area contributed by atoms with Crippen LogP contribution in [0.2, 0.25) is 0 Å². The normalized spacial score (nSPS) is 11.7. The second-order valence-electron chi connectivity index (χ2n) is 6.65. The first-order valence-corrected chi connectivity index (χ1v) is 9.44. The van der Waals surface area contributed by atoms with Gasteiger partial charge >= 0.3 is 0 Å². The Morgan fingerprint density at radius 1 is 0.667 bits per heavy atom. The molecule has 1 amide bonds. The molecule has 0 unspecified atom stereocenters. The Bertz CT molecular complexity index is 760. The van der Waals surface area contributed by atoms with E-state index in [0.29, 0.717) is 13.1 Å². The molecule has 0 fully saturated rings. The Labute approximate surface area is 161 Å². The van der Waals surface area contributed by atoms with Gasteiger partial charge in [0.15, 0.2) is 0 Å². The lowest BCUT2D eigenvalue weighted by atomic mass is 10.0. The van der Waals surface area contributed by atoms with Crippen molar-refractivity contribution in [1.82, 2.24) is 10.6 Å². The van der Waals surface area contributed by atoms with Crippen molar-refractivity contribution in [2.24, 2.45) is 0 Å². The van der Waals surface area contributed by atoms with E-state index < -0.39 is 0 Å². The van der Waals surface area contributed by atoms with Gasteiger partial charge in [0, 0.05) is 13.1 Å². The molecule has 3 nitrogen and oxygen atoms in total. The van der Waals surface area contributed by atoms with Gasteiger partial charge in [-0.3, -0.25) is 4.79 Å². The van der Waals surface area contributed by atoms with E-state index in [1.165, 1.54) is 11.1 Å². The summed E-state index contributed by atoms with van der Waals surface area (Å²) in [6.45, 7) is 1.23. The number of benzene rings is 3.